The number of anilines is 1. The lowest BCUT2D eigenvalue weighted by molar-refractivity contribution is 0.0943. The average Bonchev–Trinajstić information content (AvgIpc) is 3.33. The normalized spacial score (nSPS) is 10.2. The van der Waals surface area contributed by atoms with Crippen molar-refractivity contribution >= 4 is 34.8 Å². The average molecular weight is 369 g/mol. The summed E-state index contributed by atoms with van der Waals surface area (Å²) in [6.45, 7) is 0.264. The number of nitrogens with one attached hydrogen (secondary N) is 3. The van der Waals surface area contributed by atoms with Gasteiger partial charge in [-0.3, -0.25) is 14.9 Å². The van der Waals surface area contributed by atoms with Gasteiger partial charge in [0.05, 0.1) is 30.3 Å². The van der Waals surface area contributed by atoms with Crippen LogP contribution in [0.2, 0.25) is 0 Å². The molecule has 0 saturated carbocycles. The molecule has 0 atom stereocenters. The molecule has 3 N–H and O–H groups in total. The number of furan rings is 2. The summed E-state index contributed by atoms with van der Waals surface area (Å²) in [6.07, 6.45) is 2.93. The van der Waals surface area contributed by atoms with Crippen molar-refractivity contribution in [3.05, 3.63) is 78.1 Å². The Morgan fingerprint density at radius 3 is 2.42 bits per heavy atom. The summed E-state index contributed by atoms with van der Waals surface area (Å²) in [6, 6.07) is 13.5. The third kappa shape index (κ3) is 4.37. The van der Waals surface area contributed by atoms with E-state index < -0.39 is 5.91 Å². The lowest BCUT2D eigenvalue weighted by Crippen LogP contribution is -2.34. The van der Waals surface area contributed by atoms with E-state index in [1.165, 1.54) is 18.6 Å². The summed E-state index contributed by atoms with van der Waals surface area (Å²) in [5, 5.41) is 8.16. The Kier molecular flexibility index (Phi) is 5.45. The van der Waals surface area contributed by atoms with E-state index in [1.807, 2.05) is 0 Å². The zero-order chi connectivity index (χ0) is 18.4. The van der Waals surface area contributed by atoms with Gasteiger partial charge in [0, 0.05) is 0 Å². The molecule has 0 bridgehead atoms. The van der Waals surface area contributed by atoms with Gasteiger partial charge in [-0.05, 0) is 48.6 Å². The van der Waals surface area contributed by atoms with Gasteiger partial charge in [-0.25, -0.2) is 0 Å². The largest absolute Gasteiger partial charge is 0.467 e. The highest BCUT2D eigenvalue weighted by molar-refractivity contribution is 7.80. The molecule has 0 radical (unpaired) electrons. The highest BCUT2D eigenvalue weighted by Crippen LogP contribution is 2.15. The lowest BCUT2D eigenvalue weighted by atomic mass is 10.1. The molecule has 0 saturated heterocycles. The van der Waals surface area contributed by atoms with Crippen LogP contribution in [0, 0.1) is 0 Å². The molecule has 0 unspecified atom stereocenters. The van der Waals surface area contributed by atoms with Crippen molar-refractivity contribution in [3.8, 4) is 0 Å². The zero-order valence-corrected chi connectivity index (χ0v) is 14.3. The second kappa shape index (κ2) is 8.13. The van der Waals surface area contributed by atoms with E-state index >= 15 is 0 Å². The fourth-order valence-corrected chi connectivity index (χ4v) is 2.39. The quantitative estimate of drug-likeness (QED) is 0.599. The third-order valence-electron chi connectivity index (χ3n) is 3.40. The first kappa shape index (κ1) is 17.4. The molecule has 0 aliphatic rings. The van der Waals surface area contributed by atoms with Crippen LogP contribution in [0.5, 0.6) is 0 Å². The van der Waals surface area contributed by atoms with Crippen LogP contribution in [0.1, 0.15) is 26.7 Å². The molecule has 3 rings (SSSR count). The van der Waals surface area contributed by atoms with Gasteiger partial charge in [-0.15, -0.1) is 0 Å². The van der Waals surface area contributed by atoms with Gasteiger partial charge in [0.25, 0.3) is 11.8 Å². The summed E-state index contributed by atoms with van der Waals surface area (Å²) in [5.74, 6) is 0.000520. The predicted octanol–water partition coefficient (Wildman–Crippen LogP) is 2.93. The second-order valence-corrected chi connectivity index (χ2v) is 5.60. The van der Waals surface area contributed by atoms with Crippen LogP contribution in [0.25, 0.3) is 0 Å². The molecule has 2 amide bonds. The Bertz CT molecular complexity index is 904. The minimum atomic E-state index is -0.479. The van der Waals surface area contributed by atoms with E-state index in [0.29, 0.717) is 17.0 Å². The fraction of sp³-hybridized carbons (Fsp3) is 0.0556. The summed E-state index contributed by atoms with van der Waals surface area (Å²) in [7, 11) is 0. The van der Waals surface area contributed by atoms with Crippen molar-refractivity contribution in [1.29, 1.82) is 0 Å². The highest BCUT2D eigenvalue weighted by Gasteiger charge is 2.14. The number of benzene rings is 1. The van der Waals surface area contributed by atoms with Crippen molar-refractivity contribution in [1.82, 2.24) is 10.6 Å². The smallest absolute Gasteiger partial charge is 0.293 e. The van der Waals surface area contributed by atoms with Crippen molar-refractivity contribution in [2.75, 3.05) is 5.32 Å². The topological polar surface area (TPSA) is 96.5 Å². The van der Waals surface area contributed by atoms with Crippen LogP contribution in [0.4, 0.5) is 5.69 Å². The number of carbonyl (C=O) groups excluding carboxylic acids is 2. The van der Waals surface area contributed by atoms with E-state index in [4.69, 9.17) is 21.1 Å². The van der Waals surface area contributed by atoms with Gasteiger partial charge in [0.15, 0.2) is 10.9 Å². The van der Waals surface area contributed by atoms with E-state index in [2.05, 4.69) is 16.0 Å². The maximum atomic E-state index is 12.4. The molecule has 0 aliphatic heterocycles. The minimum Gasteiger partial charge on any atom is -0.467 e. The molecule has 1 aromatic carbocycles. The zero-order valence-electron chi connectivity index (χ0n) is 13.5. The minimum absolute atomic E-state index is 0.0534. The van der Waals surface area contributed by atoms with Crippen molar-refractivity contribution in [2.45, 2.75) is 6.54 Å². The first-order valence-corrected chi connectivity index (χ1v) is 8.10. The Labute approximate surface area is 154 Å². The molecule has 2 aromatic heterocycles. The molecular weight excluding hydrogens is 354 g/mol. The van der Waals surface area contributed by atoms with Crippen LogP contribution in [0.3, 0.4) is 0 Å². The van der Waals surface area contributed by atoms with Crippen LogP contribution in [0.15, 0.2) is 69.9 Å². The Balaban J connectivity index is 1.63. The van der Waals surface area contributed by atoms with Gasteiger partial charge in [-0.2, -0.15) is 0 Å². The fourth-order valence-electron chi connectivity index (χ4n) is 2.19. The third-order valence-corrected chi connectivity index (χ3v) is 3.60. The Hall–Kier alpha value is -3.39. The van der Waals surface area contributed by atoms with Gasteiger partial charge in [-0.1, -0.05) is 12.1 Å². The maximum Gasteiger partial charge on any atom is 0.293 e. The van der Waals surface area contributed by atoms with Crippen LogP contribution < -0.4 is 16.0 Å². The molecule has 7 nitrogen and oxygen atoms in total. The van der Waals surface area contributed by atoms with Crippen molar-refractivity contribution < 1.29 is 18.4 Å². The SMILES string of the molecule is O=C(NC(=S)Nc1ccccc1C(=O)NCc1ccco1)c1ccco1. The van der Waals surface area contributed by atoms with Gasteiger partial charge in [0.2, 0.25) is 0 Å². The molecule has 8 heteroatoms. The van der Waals surface area contributed by atoms with Crippen LogP contribution >= 0.6 is 12.2 Å². The molecule has 3 aromatic rings. The van der Waals surface area contributed by atoms with Crippen LogP contribution in [-0.2, 0) is 6.54 Å². The number of thiocarbonyl (C=S) groups is 1. The summed E-state index contributed by atoms with van der Waals surface area (Å²) >= 11 is 5.13. The van der Waals surface area contributed by atoms with Crippen molar-refractivity contribution in [2.24, 2.45) is 0 Å². The molecule has 0 fully saturated rings. The monoisotopic (exact) mass is 369 g/mol. The van der Waals surface area contributed by atoms with E-state index in [1.54, 1.807) is 42.5 Å². The number of hydrogen-bond donors (Lipinski definition) is 3. The summed E-state index contributed by atoms with van der Waals surface area (Å²) in [5.41, 5.74) is 0.850. The number of carbonyl (C=O) groups is 2. The first-order chi connectivity index (χ1) is 12.6. The Morgan fingerprint density at radius 1 is 0.923 bits per heavy atom. The van der Waals surface area contributed by atoms with E-state index in [9.17, 15) is 9.59 Å². The van der Waals surface area contributed by atoms with Gasteiger partial charge in [0.1, 0.15) is 5.76 Å². The summed E-state index contributed by atoms with van der Waals surface area (Å²) < 4.78 is 10.2. The molecular formula is C18H15N3O4S. The van der Waals surface area contributed by atoms with Crippen molar-refractivity contribution in [3.63, 3.8) is 0 Å². The lowest BCUT2D eigenvalue weighted by Gasteiger charge is -2.13. The highest BCUT2D eigenvalue weighted by atomic mass is 32.1. The summed E-state index contributed by atoms with van der Waals surface area (Å²) in [4.78, 5) is 24.3. The first-order valence-electron chi connectivity index (χ1n) is 7.69. The molecule has 2 heterocycles. The number of hydrogen-bond acceptors (Lipinski definition) is 5. The van der Waals surface area contributed by atoms with Crippen LogP contribution in [-0.4, -0.2) is 16.9 Å². The standard InChI is InChI=1S/C18H15N3O4S/c22-16(19-11-12-5-3-9-24-12)13-6-1-2-7-14(13)20-18(26)21-17(23)15-8-4-10-25-15/h1-10H,11H2,(H,19,22)(H2,20,21,23,26). The maximum absolute atomic E-state index is 12.4. The van der Waals surface area contributed by atoms with E-state index in [0.717, 1.165) is 0 Å². The number of para-hydroxylation sites is 1. The van der Waals surface area contributed by atoms with E-state index in [-0.39, 0.29) is 23.3 Å². The molecule has 0 spiro atoms. The molecule has 0 aliphatic carbocycles. The predicted molar refractivity (Wildman–Crippen MR) is 98.7 cm³/mol. The number of rotatable bonds is 5. The van der Waals surface area contributed by atoms with Gasteiger partial charge < -0.3 is 19.5 Å². The number of amides is 2. The van der Waals surface area contributed by atoms with Gasteiger partial charge >= 0.3 is 0 Å². The Morgan fingerprint density at radius 2 is 1.69 bits per heavy atom. The molecule has 26 heavy (non-hydrogen) atoms. The molecule has 132 valence electrons. The second-order valence-electron chi connectivity index (χ2n) is 5.19.